The Labute approximate surface area is 161 Å². The van der Waals surface area contributed by atoms with Crippen LogP contribution in [0.3, 0.4) is 0 Å². The van der Waals surface area contributed by atoms with Gasteiger partial charge < -0.3 is 19.9 Å². The van der Waals surface area contributed by atoms with Gasteiger partial charge in [0.2, 0.25) is 0 Å². The molecule has 6 nitrogen and oxygen atoms in total. The number of aryl methyl sites for hydroxylation is 1. The number of carbonyl (C=O) groups is 2. The average molecular weight is 385 g/mol. The van der Waals surface area contributed by atoms with Gasteiger partial charge in [-0.2, -0.15) is 0 Å². The summed E-state index contributed by atoms with van der Waals surface area (Å²) in [5.74, 6) is -0.115. The SMILES string of the molecule is COc1ccc(N/C=C2\C(=O)c3cc(C)ccc3OC2SCC(=O)O)cc1. The van der Waals surface area contributed by atoms with Gasteiger partial charge in [0.15, 0.2) is 11.2 Å². The van der Waals surface area contributed by atoms with Crippen LogP contribution in [0.4, 0.5) is 5.69 Å². The third-order valence-corrected chi connectivity index (χ3v) is 5.04. The fourth-order valence-electron chi connectivity index (χ4n) is 2.62. The minimum absolute atomic E-state index is 0.168. The predicted octanol–water partition coefficient (Wildman–Crippen LogP) is 3.72. The summed E-state index contributed by atoms with van der Waals surface area (Å²) in [6.45, 7) is 1.90. The molecule has 0 bridgehead atoms. The van der Waals surface area contributed by atoms with Crippen molar-refractivity contribution in [2.75, 3.05) is 18.2 Å². The number of thioether (sulfide) groups is 1. The van der Waals surface area contributed by atoms with Crippen molar-refractivity contribution in [3.05, 3.63) is 65.4 Å². The van der Waals surface area contributed by atoms with Crippen LogP contribution < -0.4 is 14.8 Å². The summed E-state index contributed by atoms with van der Waals surface area (Å²) >= 11 is 1.06. The van der Waals surface area contributed by atoms with Gasteiger partial charge in [-0.15, -0.1) is 11.8 Å². The molecule has 2 N–H and O–H groups in total. The van der Waals surface area contributed by atoms with Gasteiger partial charge in [-0.25, -0.2) is 0 Å². The van der Waals surface area contributed by atoms with E-state index in [2.05, 4.69) is 5.32 Å². The van der Waals surface area contributed by atoms with Gasteiger partial charge in [0.1, 0.15) is 11.5 Å². The highest BCUT2D eigenvalue weighted by Gasteiger charge is 2.32. The van der Waals surface area contributed by atoms with Gasteiger partial charge >= 0.3 is 5.97 Å². The zero-order chi connectivity index (χ0) is 19.4. The molecule has 0 saturated carbocycles. The number of methoxy groups -OCH3 is 1. The fraction of sp³-hybridized carbons (Fsp3) is 0.200. The molecule has 0 aliphatic carbocycles. The summed E-state index contributed by atoms with van der Waals surface area (Å²) in [7, 11) is 1.59. The Bertz CT molecular complexity index is 892. The molecule has 1 atom stereocenters. The maximum atomic E-state index is 13.0. The van der Waals surface area contributed by atoms with Crippen molar-refractivity contribution < 1.29 is 24.2 Å². The van der Waals surface area contributed by atoms with Gasteiger partial charge in [0, 0.05) is 11.9 Å². The maximum absolute atomic E-state index is 13.0. The molecule has 1 unspecified atom stereocenters. The first-order chi connectivity index (χ1) is 13.0. The molecule has 27 heavy (non-hydrogen) atoms. The van der Waals surface area contributed by atoms with Crippen molar-refractivity contribution >= 4 is 29.2 Å². The van der Waals surface area contributed by atoms with Crippen LogP contribution in [0.25, 0.3) is 0 Å². The number of carboxylic acids is 1. The smallest absolute Gasteiger partial charge is 0.313 e. The number of fused-ring (bicyclic) bond motifs is 1. The van der Waals surface area contributed by atoms with Gasteiger partial charge in [-0.3, -0.25) is 9.59 Å². The van der Waals surface area contributed by atoms with E-state index in [0.717, 1.165) is 28.8 Å². The van der Waals surface area contributed by atoms with Crippen molar-refractivity contribution in [2.45, 2.75) is 12.4 Å². The van der Waals surface area contributed by atoms with E-state index in [1.807, 2.05) is 25.1 Å². The van der Waals surface area contributed by atoms with E-state index < -0.39 is 11.4 Å². The molecule has 1 aliphatic heterocycles. The molecule has 0 radical (unpaired) electrons. The first kappa shape index (κ1) is 18.8. The van der Waals surface area contributed by atoms with Gasteiger partial charge in [0.05, 0.1) is 24.0 Å². The second-order valence-corrected chi connectivity index (χ2v) is 7.01. The van der Waals surface area contributed by atoms with E-state index in [-0.39, 0.29) is 11.5 Å². The molecule has 2 aromatic carbocycles. The highest BCUT2D eigenvalue weighted by Crippen LogP contribution is 2.35. The van der Waals surface area contributed by atoms with E-state index in [1.165, 1.54) is 0 Å². The quantitative estimate of drug-likeness (QED) is 0.733. The van der Waals surface area contributed by atoms with Crippen LogP contribution >= 0.6 is 11.8 Å². The molecule has 0 amide bonds. The van der Waals surface area contributed by atoms with E-state index in [1.54, 1.807) is 37.6 Å². The zero-order valence-electron chi connectivity index (χ0n) is 14.9. The van der Waals surface area contributed by atoms with Crippen LogP contribution in [0.2, 0.25) is 0 Å². The third-order valence-electron chi connectivity index (χ3n) is 3.97. The summed E-state index contributed by atoms with van der Waals surface area (Å²) in [5.41, 5.74) is 1.87. The van der Waals surface area contributed by atoms with Crippen LogP contribution in [0.5, 0.6) is 11.5 Å². The molecule has 0 fully saturated rings. The largest absolute Gasteiger partial charge is 0.497 e. The van der Waals surface area contributed by atoms with Gasteiger partial charge in [-0.05, 0) is 43.3 Å². The number of hydrogen-bond donors (Lipinski definition) is 2. The monoisotopic (exact) mass is 385 g/mol. The normalized spacial score (nSPS) is 17.2. The Balaban J connectivity index is 1.89. The van der Waals surface area contributed by atoms with Crippen LogP contribution in [-0.4, -0.2) is 35.2 Å². The summed E-state index contributed by atoms with van der Waals surface area (Å²) in [4.78, 5) is 23.9. The lowest BCUT2D eigenvalue weighted by molar-refractivity contribution is -0.133. The van der Waals surface area contributed by atoms with Crippen molar-refractivity contribution in [3.63, 3.8) is 0 Å². The number of hydrogen-bond acceptors (Lipinski definition) is 6. The number of anilines is 1. The molecule has 3 rings (SSSR count). The number of ketones is 1. The molecule has 1 heterocycles. The molecule has 0 saturated heterocycles. The highest BCUT2D eigenvalue weighted by molar-refractivity contribution is 8.00. The number of ether oxygens (including phenoxy) is 2. The molecular formula is C20H19NO5S. The topological polar surface area (TPSA) is 84.9 Å². The molecule has 7 heteroatoms. The molecule has 0 aromatic heterocycles. The van der Waals surface area contributed by atoms with Gasteiger partial charge in [-0.1, -0.05) is 11.6 Å². The second kappa shape index (κ2) is 8.18. The summed E-state index contributed by atoms with van der Waals surface area (Å²) < 4.78 is 11.0. The van der Waals surface area contributed by atoms with Crippen LogP contribution in [-0.2, 0) is 4.79 Å². The number of rotatable bonds is 6. The Morgan fingerprint density at radius 2 is 2.04 bits per heavy atom. The van der Waals surface area contributed by atoms with E-state index in [0.29, 0.717) is 16.9 Å². The first-order valence-corrected chi connectivity index (χ1v) is 9.29. The molecule has 140 valence electrons. The third kappa shape index (κ3) is 4.43. The van der Waals surface area contributed by atoms with E-state index >= 15 is 0 Å². The Hall–Kier alpha value is -2.93. The number of carbonyl (C=O) groups excluding carboxylic acids is 1. The standard InChI is InChI=1S/C20H19NO5S/c1-12-3-8-17-15(9-12)19(24)16(20(26-17)27-11-18(22)23)10-21-13-4-6-14(25-2)7-5-13/h3-10,20-21H,11H2,1-2H3,(H,22,23)/b16-10+. The Morgan fingerprint density at radius 1 is 1.30 bits per heavy atom. The van der Waals surface area contributed by atoms with Crippen molar-refractivity contribution in [2.24, 2.45) is 0 Å². The van der Waals surface area contributed by atoms with Crippen LogP contribution in [0.1, 0.15) is 15.9 Å². The van der Waals surface area contributed by atoms with Gasteiger partial charge in [0.25, 0.3) is 0 Å². The van der Waals surface area contributed by atoms with Crippen LogP contribution in [0.15, 0.2) is 54.2 Å². The molecule has 1 aliphatic rings. The lowest BCUT2D eigenvalue weighted by Crippen LogP contribution is -2.29. The molecule has 2 aromatic rings. The summed E-state index contributed by atoms with van der Waals surface area (Å²) in [5, 5.41) is 12.1. The number of benzene rings is 2. The van der Waals surface area contributed by atoms with E-state index in [9.17, 15) is 9.59 Å². The highest BCUT2D eigenvalue weighted by atomic mass is 32.2. The fourth-order valence-corrected chi connectivity index (χ4v) is 3.44. The van der Waals surface area contributed by atoms with Crippen molar-refractivity contribution in [1.29, 1.82) is 0 Å². The number of aliphatic carboxylic acids is 1. The summed E-state index contributed by atoms with van der Waals surface area (Å²) in [6, 6.07) is 12.6. The molecule has 0 spiro atoms. The number of Topliss-reactive ketones (excluding diaryl/α,β-unsaturated/α-hetero) is 1. The zero-order valence-corrected chi connectivity index (χ0v) is 15.7. The van der Waals surface area contributed by atoms with Crippen LogP contribution in [0, 0.1) is 6.92 Å². The predicted molar refractivity (Wildman–Crippen MR) is 105 cm³/mol. The summed E-state index contributed by atoms with van der Waals surface area (Å²) in [6.07, 6.45) is 1.58. The number of carboxylic acid groups (broad SMARTS) is 1. The first-order valence-electron chi connectivity index (χ1n) is 8.24. The maximum Gasteiger partial charge on any atom is 0.313 e. The van der Waals surface area contributed by atoms with E-state index in [4.69, 9.17) is 14.6 Å². The lowest BCUT2D eigenvalue weighted by atomic mass is 9.99. The van der Waals surface area contributed by atoms with Crippen molar-refractivity contribution in [1.82, 2.24) is 0 Å². The minimum Gasteiger partial charge on any atom is -0.497 e. The number of nitrogens with one attached hydrogen (secondary N) is 1. The average Bonchev–Trinajstić information content (AvgIpc) is 2.66. The lowest BCUT2D eigenvalue weighted by Gasteiger charge is -2.27. The Morgan fingerprint density at radius 3 is 2.70 bits per heavy atom. The second-order valence-electron chi connectivity index (χ2n) is 5.96. The van der Waals surface area contributed by atoms with Crippen molar-refractivity contribution in [3.8, 4) is 11.5 Å². The minimum atomic E-state index is -0.965. The molecular weight excluding hydrogens is 366 g/mol. The Kier molecular flexibility index (Phi) is 5.71.